The number of β-amino-alcohol motifs (C(OH)–C–C–N with tert-alkyl or cyclic N) is 1. The summed E-state index contributed by atoms with van der Waals surface area (Å²) in [6.45, 7) is 2.27. The summed E-state index contributed by atoms with van der Waals surface area (Å²) in [4.78, 5) is 14.6. The summed E-state index contributed by atoms with van der Waals surface area (Å²) in [5.41, 5.74) is 0.777. The van der Waals surface area contributed by atoms with E-state index in [1.165, 1.54) is 19.6 Å². The quantitative estimate of drug-likeness (QED) is 0.793. The number of nitrogens with zero attached hydrogens (tertiary/aromatic N) is 1. The zero-order valence-corrected chi connectivity index (χ0v) is 14.0. The molecule has 5 nitrogen and oxygen atoms in total. The number of halogens is 1. The Kier molecular flexibility index (Phi) is 5.48. The summed E-state index contributed by atoms with van der Waals surface area (Å²) in [5.74, 6) is -0.185. The van der Waals surface area contributed by atoms with Gasteiger partial charge in [0.1, 0.15) is 5.82 Å². The van der Waals surface area contributed by atoms with E-state index in [4.69, 9.17) is 4.74 Å². The second-order valence-corrected chi connectivity index (χ2v) is 6.88. The van der Waals surface area contributed by atoms with Crippen LogP contribution in [-0.4, -0.2) is 54.8 Å². The Bertz CT molecular complexity index is 586. The van der Waals surface area contributed by atoms with E-state index < -0.39 is 5.82 Å². The lowest BCUT2D eigenvalue weighted by Crippen LogP contribution is -2.57. The Labute approximate surface area is 141 Å². The molecule has 1 unspecified atom stereocenters. The highest BCUT2D eigenvalue weighted by molar-refractivity contribution is 5.94. The normalized spacial score (nSPS) is 20.3. The Morgan fingerprint density at radius 2 is 2.21 bits per heavy atom. The number of likely N-dealkylation sites (tertiary alicyclic amines) is 1. The van der Waals surface area contributed by atoms with Gasteiger partial charge in [0.15, 0.2) is 0 Å². The molecule has 24 heavy (non-hydrogen) atoms. The molecule has 0 aromatic heterocycles. The van der Waals surface area contributed by atoms with Gasteiger partial charge in [0.25, 0.3) is 5.91 Å². The fourth-order valence-electron chi connectivity index (χ4n) is 3.34. The highest BCUT2D eigenvalue weighted by Gasteiger charge is 2.33. The molecule has 1 aliphatic carbocycles. The molecule has 2 fully saturated rings. The molecule has 0 bridgehead atoms. The minimum atomic E-state index is -0.421. The maximum absolute atomic E-state index is 14.0. The van der Waals surface area contributed by atoms with Gasteiger partial charge in [-0.2, -0.15) is 0 Å². The summed E-state index contributed by atoms with van der Waals surface area (Å²) in [6, 6.07) is 4.56. The lowest BCUT2D eigenvalue weighted by molar-refractivity contribution is -0.00953. The average molecular weight is 336 g/mol. The van der Waals surface area contributed by atoms with Crippen LogP contribution in [0.4, 0.5) is 4.39 Å². The summed E-state index contributed by atoms with van der Waals surface area (Å²) in [5, 5.41) is 12.5. The number of carbonyl (C=O) groups excluding carboxylic acids is 1. The number of benzene rings is 1. The van der Waals surface area contributed by atoms with Crippen molar-refractivity contribution in [3.8, 4) is 0 Å². The molecule has 3 rings (SSSR count). The standard InChI is InChI=1S/C18H25FN2O3/c1-24-11-14-6-5-13(7-16(14)19)18(23)20-17(12-3-2-4-12)10-21-8-15(22)9-21/h5-7,12,15,17,22H,2-4,8-11H2,1H3,(H,20,23). The van der Waals surface area contributed by atoms with Crippen LogP contribution < -0.4 is 5.32 Å². The maximum Gasteiger partial charge on any atom is 0.251 e. The van der Waals surface area contributed by atoms with Crippen LogP contribution >= 0.6 is 0 Å². The Hall–Kier alpha value is -1.50. The highest BCUT2D eigenvalue weighted by Crippen LogP contribution is 2.30. The lowest BCUT2D eigenvalue weighted by atomic mass is 9.79. The number of rotatable bonds is 7. The predicted octanol–water partition coefficient (Wildman–Crippen LogP) is 1.55. The van der Waals surface area contributed by atoms with Gasteiger partial charge in [-0.05, 0) is 30.9 Å². The first-order valence-electron chi connectivity index (χ1n) is 8.55. The number of carbonyl (C=O) groups is 1. The van der Waals surface area contributed by atoms with E-state index >= 15 is 0 Å². The summed E-state index contributed by atoms with van der Waals surface area (Å²) in [6.07, 6.45) is 3.18. The van der Waals surface area contributed by atoms with Crippen LogP contribution in [0.5, 0.6) is 0 Å². The van der Waals surface area contributed by atoms with Gasteiger partial charge in [-0.1, -0.05) is 12.5 Å². The number of hydrogen-bond donors (Lipinski definition) is 2. The fraction of sp³-hybridized carbons (Fsp3) is 0.611. The molecule has 1 aromatic rings. The summed E-state index contributed by atoms with van der Waals surface area (Å²) >= 11 is 0. The molecule has 0 spiro atoms. The molecule has 1 saturated carbocycles. The van der Waals surface area contributed by atoms with Gasteiger partial charge in [0.05, 0.1) is 12.7 Å². The zero-order chi connectivity index (χ0) is 17.1. The third-order valence-electron chi connectivity index (χ3n) is 5.04. The second kappa shape index (κ2) is 7.59. The van der Waals surface area contributed by atoms with Gasteiger partial charge in [-0.25, -0.2) is 4.39 Å². The monoisotopic (exact) mass is 336 g/mol. The third kappa shape index (κ3) is 3.94. The minimum Gasteiger partial charge on any atom is -0.390 e. The topological polar surface area (TPSA) is 61.8 Å². The number of nitrogens with one attached hydrogen (secondary N) is 1. The first kappa shape index (κ1) is 17.3. The third-order valence-corrected chi connectivity index (χ3v) is 5.04. The van der Waals surface area contributed by atoms with Gasteiger partial charge in [0.2, 0.25) is 0 Å². The van der Waals surface area contributed by atoms with Crippen LogP contribution in [0.2, 0.25) is 0 Å². The Morgan fingerprint density at radius 1 is 1.46 bits per heavy atom. The van der Waals surface area contributed by atoms with Gasteiger partial charge < -0.3 is 15.2 Å². The molecule has 132 valence electrons. The van der Waals surface area contributed by atoms with Crippen molar-refractivity contribution in [1.29, 1.82) is 0 Å². The molecule has 2 N–H and O–H groups in total. The number of methoxy groups -OCH3 is 1. The van der Waals surface area contributed by atoms with Crippen molar-refractivity contribution in [1.82, 2.24) is 10.2 Å². The van der Waals surface area contributed by atoms with E-state index in [1.54, 1.807) is 12.1 Å². The van der Waals surface area contributed by atoms with E-state index in [0.717, 1.165) is 19.4 Å². The Balaban J connectivity index is 1.63. The van der Waals surface area contributed by atoms with Gasteiger partial charge in [-0.15, -0.1) is 0 Å². The van der Waals surface area contributed by atoms with Crippen molar-refractivity contribution in [2.75, 3.05) is 26.7 Å². The molecule has 0 radical (unpaired) electrons. The average Bonchev–Trinajstić information content (AvgIpc) is 2.46. The van der Waals surface area contributed by atoms with Crippen molar-refractivity contribution >= 4 is 5.91 Å². The van der Waals surface area contributed by atoms with Crippen molar-refractivity contribution in [2.45, 2.75) is 38.0 Å². The van der Waals surface area contributed by atoms with Gasteiger partial charge in [0, 0.05) is 43.9 Å². The van der Waals surface area contributed by atoms with Crippen LogP contribution in [0.1, 0.15) is 35.2 Å². The van der Waals surface area contributed by atoms with E-state index in [9.17, 15) is 14.3 Å². The van der Waals surface area contributed by atoms with Crippen molar-refractivity contribution in [2.24, 2.45) is 5.92 Å². The number of ether oxygens (including phenoxy) is 1. The molecular formula is C18H25FN2O3. The van der Waals surface area contributed by atoms with Crippen LogP contribution in [-0.2, 0) is 11.3 Å². The first-order valence-corrected chi connectivity index (χ1v) is 8.55. The largest absolute Gasteiger partial charge is 0.390 e. The minimum absolute atomic E-state index is 0.0560. The maximum atomic E-state index is 14.0. The van der Waals surface area contributed by atoms with Crippen molar-refractivity contribution in [3.63, 3.8) is 0 Å². The number of aliphatic hydroxyl groups excluding tert-OH is 1. The molecule has 1 amide bonds. The molecule has 2 aliphatic rings. The zero-order valence-electron chi connectivity index (χ0n) is 14.0. The van der Waals surface area contributed by atoms with E-state index in [-0.39, 0.29) is 24.7 Å². The molecule has 1 saturated heterocycles. The lowest BCUT2D eigenvalue weighted by Gasteiger charge is -2.42. The smallest absolute Gasteiger partial charge is 0.251 e. The SMILES string of the molecule is COCc1ccc(C(=O)NC(CN2CC(O)C2)C2CCC2)cc1F. The molecule has 6 heteroatoms. The van der Waals surface area contributed by atoms with Crippen LogP contribution in [0.3, 0.4) is 0 Å². The first-order chi connectivity index (χ1) is 11.6. The van der Waals surface area contributed by atoms with Crippen molar-refractivity contribution in [3.05, 3.63) is 35.1 Å². The molecule has 1 heterocycles. The number of amides is 1. The summed E-state index contributed by atoms with van der Waals surface area (Å²) in [7, 11) is 1.51. The van der Waals surface area contributed by atoms with Crippen LogP contribution in [0.15, 0.2) is 18.2 Å². The number of hydrogen-bond acceptors (Lipinski definition) is 4. The van der Waals surface area contributed by atoms with Crippen molar-refractivity contribution < 1.29 is 19.0 Å². The molecule has 1 atom stereocenters. The summed E-state index contributed by atoms with van der Waals surface area (Å²) < 4.78 is 18.9. The van der Waals surface area contributed by atoms with Crippen LogP contribution in [0.25, 0.3) is 0 Å². The number of aliphatic hydroxyl groups is 1. The molecular weight excluding hydrogens is 311 g/mol. The predicted molar refractivity (Wildman–Crippen MR) is 88.2 cm³/mol. The fourth-order valence-corrected chi connectivity index (χ4v) is 3.34. The Morgan fingerprint density at radius 3 is 2.75 bits per heavy atom. The molecule has 1 aromatic carbocycles. The van der Waals surface area contributed by atoms with Crippen LogP contribution in [0, 0.1) is 11.7 Å². The second-order valence-electron chi connectivity index (χ2n) is 6.88. The highest BCUT2D eigenvalue weighted by atomic mass is 19.1. The van der Waals surface area contributed by atoms with E-state index in [0.29, 0.717) is 30.1 Å². The molecule has 1 aliphatic heterocycles. The van der Waals surface area contributed by atoms with Gasteiger partial charge in [-0.3, -0.25) is 9.69 Å². The van der Waals surface area contributed by atoms with E-state index in [2.05, 4.69) is 10.2 Å². The van der Waals surface area contributed by atoms with Gasteiger partial charge >= 0.3 is 0 Å². The van der Waals surface area contributed by atoms with E-state index in [1.807, 2.05) is 0 Å².